The van der Waals surface area contributed by atoms with Gasteiger partial charge in [0.15, 0.2) is 11.5 Å². The fourth-order valence-electron chi connectivity index (χ4n) is 2.84. The lowest BCUT2D eigenvalue weighted by Gasteiger charge is -2.24. The summed E-state index contributed by atoms with van der Waals surface area (Å²) in [6.45, 7) is 3.77. The lowest BCUT2D eigenvalue weighted by atomic mass is 9.90. The molecular formula is C15H20BrNO2. The molecule has 1 saturated heterocycles. The Morgan fingerprint density at radius 1 is 1.11 bits per heavy atom. The van der Waals surface area contributed by atoms with E-state index in [-0.39, 0.29) is 0 Å². The number of ether oxygens (including phenoxy) is 2. The summed E-state index contributed by atoms with van der Waals surface area (Å²) in [6.07, 6.45) is 4.56. The van der Waals surface area contributed by atoms with Crippen LogP contribution >= 0.6 is 15.9 Å². The van der Waals surface area contributed by atoms with E-state index >= 15 is 0 Å². The van der Waals surface area contributed by atoms with Gasteiger partial charge in [-0.2, -0.15) is 0 Å². The molecule has 2 aliphatic heterocycles. The minimum absolute atomic E-state index is 0.738. The molecule has 3 nitrogen and oxygen atoms in total. The second kappa shape index (κ2) is 6.14. The van der Waals surface area contributed by atoms with Crippen LogP contribution in [0.4, 0.5) is 0 Å². The van der Waals surface area contributed by atoms with Crippen LogP contribution in [0.1, 0.15) is 24.8 Å². The maximum Gasteiger partial charge on any atom is 0.175 e. The molecule has 1 aromatic carbocycles. The van der Waals surface area contributed by atoms with Crippen molar-refractivity contribution in [1.29, 1.82) is 0 Å². The van der Waals surface area contributed by atoms with Crippen LogP contribution in [-0.4, -0.2) is 26.3 Å². The summed E-state index contributed by atoms with van der Waals surface area (Å²) in [5, 5.41) is 3.42. The molecule has 0 unspecified atom stereocenters. The lowest BCUT2D eigenvalue weighted by molar-refractivity contribution is 0.294. The van der Waals surface area contributed by atoms with Gasteiger partial charge in [0.25, 0.3) is 0 Å². The van der Waals surface area contributed by atoms with Gasteiger partial charge in [0, 0.05) is 6.42 Å². The third-order valence-electron chi connectivity index (χ3n) is 3.89. The molecule has 1 N–H and O–H groups in total. The summed E-state index contributed by atoms with van der Waals surface area (Å²) in [5.41, 5.74) is 1.30. The van der Waals surface area contributed by atoms with E-state index in [1.165, 1.54) is 18.4 Å². The number of benzene rings is 1. The molecule has 0 amide bonds. The smallest absolute Gasteiger partial charge is 0.175 e. The van der Waals surface area contributed by atoms with E-state index in [9.17, 15) is 0 Å². The maximum atomic E-state index is 5.93. The quantitative estimate of drug-likeness (QED) is 0.906. The highest BCUT2D eigenvalue weighted by atomic mass is 79.9. The number of nitrogens with one attached hydrogen (secondary N) is 1. The van der Waals surface area contributed by atoms with Crippen molar-refractivity contribution in [2.75, 3.05) is 26.3 Å². The fourth-order valence-corrected chi connectivity index (χ4v) is 3.26. The standard InChI is InChI=1S/C15H20BrNO2/c16-13-3-2-12(10-11-4-6-17-7-5-11)14-15(13)19-9-1-8-18-14/h2-3,11,17H,1,4-10H2. The minimum atomic E-state index is 0.738. The van der Waals surface area contributed by atoms with Crippen molar-refractivity contribution >= 4 is 15.9 Å². The van der Waals surface area contributed by atoms with Gasteiger partial charge in [-0.1, -0.05) is 6.07 Å². The van der Waals surface area contributed by atoms with Crippen LogP contribution in [0.3, 0.4) is 0 Å². The summed E-state index contributed by atoms with van der Waals surface area (Å²) in [4.78, 5) is 0. The topological polar surface area (TPSA) is 30.5 Å². The Kier molecular flexibility index (Phi) is 4.28. The average Bonchev–Trinajstić information content (AvgIpc) is 2.70. The molecular weight excluding hydrogens is 306 g/mol. The minimum Gasteiger partial charge on any atom is -0.489 e. The van der Waals surface area contributed by atoms with Crippen molar-refractivity contribution < 1.29 is 9.47 Å². The Morgan fingerprint density at radius 3 is 2.63 bits per heavy atom. The van der Waals surface area contributed by atoms with Gasteiger partial charge in [-0.25, -0.2) is 0 Å². The number of hydrogen-bond acceptors (Lipinski definition) is 3. The van der Waals surface area contributed by atoms with E-state index in [1.807, 2.05) is 0 Å². The maximum absolute atomic E-state index is 5.93. The number of fused-ring (bicyclic) bond motifs is 1. The highest BCUT2D eigenvalue weighted by molar-refractivity contribution is 9.10. The van der Waals surface area contributed by atoms with Crippen LogP contribution in [-0.2, 0) is 6.42 Å². The van der Waals surface area contributed by atoms with E-state index in [4.69, 9.17) is 9.47 Å². The molecule has 4 heteroatoms. The van der Waals surface area contributed by atoms with Gasteiger partial charge in [-0.3, -0.25) is 0 Å². The molecule has 0 atom stereocenters. The summed E-state index contributed by atoms with van der Waals surface area (Å²) < 4.78 is 12.8. The summed E-state index contributed by atoms with van der Waals surface area (Å²) in [7, 11) is 0. The van der Waals surface area contributed by atoms with Crippen molar-refractivity contribution in [2.24, 2.45) is 5.92 Å². The number of hydrogen-bond donors (Lipinski definition) is 1. The van der Waals surface area contributed by atoms with Gasteiger partial charge in [0.2, 0.25) is 0 Å². The zero-order valence-corrected chi connectivity index (χ0v) is 12.7. The van der Waals surface area contributed by atoms with E-state index in [1.54, 1.807) is 0 Å². The molecule has 1 fully saturated rings. The molecule has 0 aromatic heterocycles. The highest BCUT2D eigenvalue weighted by Crippen LogP contribution is 2.41. The first-order valence-electron chi connectivity index (χ1n) is 7.12. The zero-order chi connectivity index (χ0) is 13.1. The number of halogens is 1. The van der Waals surface area contributed by atoms with Gasteiger partial charge in [0.05, 0.1) is 17.7 Å². The monoisotopic (exact) mass is 325 g/mol. The van der Waals surface area contributed by atoms with Crippen LogP contribution in [0, 0.1) is 5.92 Å². The van der Waals surface area contributed by atoms with E-state index in [0.717, 1.165) is 61.0 Å². The molecule has 0 radical (unpaired) electrons. The van der Waals surface area contributed by atoms with Crippen LogP contribution < -0.4 is 14.8 Å². The fraction of sp³-hybridized carbons (Fsp3) is 0.600. The molecule has 1 aromatic rings. The normalized spacial score (nSPS) is 20.1. The Hall–Kier alpha value is -0.740. The number of piperidine rings is 1. The summed E-state index contributed by atoms with van der Waals surface area (Å²) >= 11 is 3.56. The Labute approximate surface area is 122 Å². The first-order chi connectivity index (χ1) is 9.34. The predicted molar refractivity (Wildman–Crippen MR) is 79.0 cm³/mol. The molecule has 2 aliphatic rings. The predicted octanol–water partition coefficient (Wildman–Crippen LogP) is 3.15. The van der Waals surface area contributed by atoms with E-state index < -0.39 is 0 Å². The Bertz CT molecular complexity index is 444. The van der Waals surface area contributed by atoms with Gasteiger partial charge in [-0.15, -0.1) is 0 Å². The summed E-state index contributed by atoms with van der Waals surface area (Å²) in [5.74, 6) is 2.62. The third-order valence-corrected chi connectivity index (χ3v) is 4.52. The lowest BCUT2D eigenvalue weighted by Crippen LogP contribution is -2.28. The van der Waals surface area contributed by atoms with Gasteiger partial charge in [-0.05, 0) is 65.8 Å². The molecule has 0 saturated carbocycles. The van der Waals surface area contributed by atoms with Crippen molar-refractivity contribution in [1.82, 2.24) is 5.32 Å². The molecule has 104 valence electrons. The highest BCUT2D eigenvalue weighted by Gasteiger charge is 2.21. The van der Waals surface area contributed by atoms with Crippen LogP contribution in [0.25, 0.3) is 0 Å². The van der Waals surface area contributed by atoms with Gasteiger partial charge >= 0.3 is 0 Å². The van der Waals surface area contributed by atoms with Crippen molar-refractivity contribution in [3.05, 3.63) is 22.2 Å². The van der Waals surface area contributed by atoms with Gasteiger partial charge in [0.1, 0.15) is 0 Å². The van der Waals surface area contributed by atoms with Gasteiger partial charge < -0.3 is 14.8 Å². The zero-order valence-electron chi connectivity index (χ0n) is 11.1. The molecule has 0 aliphatic carbocycles. The van der Waals surface area contributed by atoms with E-state index in [2.05, 4.69) is 33.4 Å². The molecule has 0 spiro atoms. The van der Waals surface area contributed by atoms with Crippen molar-refractivity contribution in [3.8, 4) is 11.5 Å². The van der Waals surface area contributed by atoms with Crippen molar-refractivity contribution in [3.63, 3.8) is 0 Å². The molecule has 0 bridgehead atoms. The first-order valence-corrected chi connectivity index (χ1v) is 7.91. The molecule has 3 rings (SSSR count). The molecule has 19 heavy (non-hydrogen) atoms. The third kappa shape index (κ3) is 3.06. The second-order valence-electron chi connectivity index (χ2n) is 5.31. The Balaban J connectivity index is 1.84. The summed E-state index contributed by atoms with van der Waals surface area (Å²) in [6, 6.07) is 4.27. The second-order valence-corrected chi connectivity index (χ2v) is 6.17. The van der Waals surface area contributed by atoms with Crippen molar-refractivity contribution in [2.45, 2.75) is 25.7 Å². The van der Waals surface area contributed by atoms with Crippen LogP contribution in [0.5, 0.6) is 11.5 Å². The molecule has 2 heterocycles. The number of rotatable bonds is 2. The Morgan fingerprint density at radius 2 is 1.84 bits per heavy atom. The average molecular weight is 326 g/mol. The first kappa shape index (κ1) is 13.3. The van der Waals surface area contributed by atoms with Crippen LogP contribution in [0.15, 0.2) is 16.6 Å². The van der Waals surface area contributed by atoms with E-state index in [0.29, 0.717) is 0 Å². The van der Waals surface area contributed by atoms with Crippen LogP contribution in [0.2, 0.25) is 0 Å². The largest absolute Gasteiger partial charge is 0.489 e. The SMILES string of the molecule is Brc1ccc(CC2CCNCC2)c2c1OCCCO2.